The Hall–Kier alpha value is -1.62. The zero-order valence-electron chi connectivity index (χ0n) is 12.2. The van der Waals surface area contributed by atoms with Crippen molar-refractivity contribution < 1.29 is 14.7 Å². The number of hydrogen-bond donors (Lipinski definition) is 1. The van der Waals surface area contributed by atoms with Gasteiger partial charge < -0.3 is 10.0 Å². The van der Waals surface area contributed by atoms with Gasteiger partial charge in [-0.05, 0) is 36.8 Å². The number of nitrogens with zero attached hydrogens (tertiary/aromatic N) is 1. The Kier molecular flexibility index (Phi) is 5.17. The van der Waals surface area contributed by atoms with E-state index in [1.54, 1.807) is 22.3 Å². The van der Waals surface area contributed by atoms with Crippen LogP contribution >= 0.6 is 11.3 Å². The van der Waals surface area contributed by atoms with Crippen molar-refractivity contribution in [1.29, 1.82) is 0 Å². The van der Waals surface area contributed by atoms with Crippen molar-refractivity contribution in [2.75, 3.05) is 13.1 Å². The van der Waals surface area contributed by atoms with E-state index in [0.717, 1.165) is 11.3 Å². The lowest BCUT2D eigenvalue weighted by Gasteiger charge is -2.38. The summed E-state index contributed by atoms with van der Waals surface area (Å²) >= 11 is 1.59. The molecule has 4 nitrogen and oxygen atoms in total. The van der Waals surface area contributed by atoms with Gasteiger partial charge in [0.2, 0.25) is 5.91 Å². The highest BCUT2D eigenvalue weighted by Crippen LogP contribution is 2.36. The highest BCUT2D eigenvalue weighted by atomic mass is 32.1. The van der Waals surface area contributed by atoms with E-state index in [2.05, 4.69) is 0 Å². The highest BCUT2D eigenvalue weighted by molar-refractivity contribution is 7.10. The third-order valence-corrected chi connectivity index (χ3v) is 4.99. The molecule has 2 rings (SSSR count). The number of carboxylic acids is 1. The minimum absolute atomic E-state index is 0.0288. The molecule has 1 amide bonds. The van der Waals surface area contributed by atoms with Gasteiger partial charge in [0.25, 0.3) is 0 Å². The number of thiophene rings is 1. The summed E-state index contributed by atoms with van der Waals surface area (Å²) in [5.41, 5.74) is -0.636. The molecule has 114 valence electrons. The summed E-state index contributed by atoms with van der Waals surface area (Å²) in [7, 11) is 0. The average molecular weight is 307 g/mol. The van der Waals surface area contributed by atoms with Crippen LogP contribution in [0.25, 0.3) is 6.08 Å². The van der Waals surface area contributed by atoms with Crippen LogP contribution in [0.4, 0.5) is 0 Å². The van der Waals surface area contributed by atoms with Crippen LogP contribution < -0.4 is 0 Å². The molecular formula is C16H21NO3S. The number of aliphatic carboxylic acids is 1. The number of hydrogen-bond acceptors (Lipinski definition) is 3. The molecule has 0 saturated carbocycles. The first-order chi connectivity index (χ1) is 10.1. The summed E-state index contributed by atoms with van der Waals surface area (Å²) in [5.74, 6) is -0.746. The number of piperidine rings is 1. The predicted molar refractivity (Wildman–Crippen MR) is 84.1 cm³/mol. The molecule has 1 aromatic heterocycles. The minimum atomic E-state index is -0.717. The van der Waals surface area contributed by atoms with Crippen molar-refractivity contribution in [2.24, 2.45) is 5.41 Å². The molecule has 2 heterocycles. The second-order valence-corrected chi connectivity index (χ2v) is 6.49. The van der Waals surface area contributed by atoms with Gasteiger partial charge in [-0.3, -0.25) is 9.59 Å². The van der Waals surface area contributed by atoms with Gasteiger partial charge in [0.15, 0.2) is 0 Å². The van der Waals surface area contributed by atoms with Crippen molar-refractivity contribution in [3.05, 3.63) is 28.5 Å². The van der Waals surface area contributed by atoms with Gasteiger partial charge in [-0.2, -0.15) is 0 Å². The standard InChI is InChI=1S/C16H21NO3S/c1-2-7-16(15(19)20)8-10-17(11-9-16)14(18)6-5-13-4-3-12-21-13/h3-6,12H,2,7-11H2,1H3,(H,19,20). The summed E-state index contributed by atoms with van der Waals surface area (Å²) in [6.45, 7) is 3.06. The zero-order chi connectivity index (χ0) is 15.3. The third kappa shape index (κ3) is 3.73. The first kappa shape index (κ1) is 15.8. The maximum absolute atomic E-state index is 12.1. The third-order valence-electron chi connectivity index (χ3n) is 4.15. The molecule has 1 N–H and O–H groups in total. The number of carboxylic acid groups (broad SMARTS) is 1. The first-order valence-corrected chi connectivity index (χ1v) is 8.19. The lowest BCUT2D eigenvalue weighted by Crippen LogP contribution is -2.46. The van der Waals surface area contributed by atoms with Gasteiger partial charge >= 0.3 is 5.97 Å². The lowest BCUT2D eigenvalue weighted by molar-refractivity contribution is -0.154. The number of rotatable bonds is 5. The fourth-order valence-corrected chi connectivity index (χ4v) is 3.47. The first-order valence-electron chi connectivity index (χ1n) is 7.31. The fourth-order valence-electron chi connectivity index (χ4n) is 2.85. The Morgan fingerprint density at radius 1 is 1.43 bits per heavy atom. The predicted octanol–water partition coefficient (Wildman–Crippen LogP) is 3.25. The smallest absolute Gasteiger partial charge is 0.309 e. The second kappa shape index (κ2) is 6.89. The molecule has 0 radical (unpaired) electrons. The van der Waals surface area contributed by atoms with Crippen LogP contribution in [0.5, 0.6) is 0 Å². The molecule has 0 atom stereocenters. The number of amides is 1. The Morgan fingerprint density at radius 3 is 2.67 bits per heavy atom. The molecular weight excluding hydrogens is 286 g/mol. The van der Waals surface area contributed by atoms with Crippen molar-refractivity contribution in [1.82, 2.24) is 4.90 Å². The number of carbonyl (C=O) groups is 2. The maximum Gasteiger partial charge on any atom is 0.309 e. The van der Waals surface area contributed by atoms with Gasteiger partial charge in [-0.25, -0.2) is 0 Å². The topological polar surface area (TPSA) is 57.6 Å². The van der Waals surface area contributed by atoms with Gasteiger partial charge in [-0.15, -0.1) is 11.3 Å². The van der Waals surface area contributed by atoms with E-state index in [0.29, 0.717) is 32.4 Å². The van der Waals surface area contributed by atoms with E-state index in [1.165, 1.54) is 0 Å². The van der Waals surface area contributed by atoms with E-state index in [1.807, 2.05) is 30.5 Å². The number of carbonyl (C=O) groups excluding carboxylic acids is 1. The average Bonchev–Trinajstić information content (AvgIpc) is 2.99. The van der Waals surface area contributed by atoms with Crippen LogP contribution in [-0.2, 0) is 9.59 Å². The minimum Gasteiger partial charge on any atom is -0.481 e. The zero-order valence-corrected chi connectivity index (χ0v) is 13.1. The van der Waals surface area contributed by atoms with E-state index in [4.69, 9.17) is 0 Å². The van der Waals surface area contributed by atoms with Gasteiger partial charge in [-0.1, -0.05) is 19.4 Å². The maximum atomic E-state index is 12.1. The van der Waals surface area contributed by atoms with Crippen LogP contribution in [0.2, 0.25) is 0 Å². The Labute approximate surface area is 129 Å². The largest absolute Gasteiger partial charge is 0.481 e. The monoisotopic (exact) mass is 307 g/mol. The van der Waals surface area contributed by atoms with Crippen LogP contribution in [0, 0.1) is 5.41 Å². The van der Waals surface area contributed by atoms with Gasteiger partial charge in [0.05, 0.1) is 5.41 Å². The summed E-state index contributed by atoms with van der Waals surface area (Å²) in [6, 6.07) is 3.91. The molecule has 0 bridgehead atoms. The molecule has 1 aromatic rings. The fraction of sp³-hybridized carbons (Fsp3) is 0.500. The highest BCUT2D eigenvalue weighted by Gasteiger charge is 2.41. The Bertz CT molecular complexity index is 514. The van der Waals surface area contributed by atoms with E-state index in [-0.39, 0.29) is 5.91 Å². The van der Waals surface area contributed by atoms with E-state index < -0.39 is 11.4 Å². The molecule has 5 heteroatoms. The lowest BCUT2D eigenvalue weighted by atomic mass is 9.75. The van der Waals surface area contributed by atoms with Crippen LogP contribution in [0.1, 0.15) is 37.5 Å². The summed E-state index contributed by atoms with van der Waals surface area (Å²) < 4.78 is 0. The molecule has 1 saturated heterocycles. The van der Waals surface area contributed by atoms with E-state index in [9.17, 15) is 14.7 Å². The normalized spacial score (nSPS) is 18.0. The van der Waals surface area contributed by atoms with Crippen molar-refractivity contribution >= 4 is 29.3 Å². The second-order valence-electron chi connectivity index (χ2n) is 5.51. The summed E-state index contributed by atoms with van der Waals surface area (Å²) in [6.07, 6.45) is 6.05. The molecule has 0 aromatic carbocycles. The number of likely N-dealkylation sites (tertiary alicyclic amines) is 1. The quantitative estimate of drug-likeness (QED) is 0.850. The van der Waals surface area contributed by atoms with Crippen LogP contribution in [0.15, 0.2) is 23.6 Å². The van der Waals surface area contributed by atoms with Crippen molar-refractivity contribution in [3.63, 3.8) is 0 Å². The summed E-state index contributed by atoms with van der Waals surface area (Å²) in [4.78, 5) is 26.4. The van der Waals surface area contributed by atoms with Crippen LogP contribution in [-0.4, -0.2) is 35.0 Å². The molecule has 1 fully saturated rings. The molecule has 1 aliphatic rings. The van der Waals surface area contributed by atoms with E-state index >= 15 is 0 Å². The van der Waals surface area contributed by atoms with Crippen molar-refractivity contribution in [2.45, 2.75) is 32.6 Å². The van der Waals surface area contributed by atoms with Gasteiger partial charge in [0, 0.05) is 24.0 Å². The Morgan fingerprint density at radius 2 is 2.14 bits per heavy atom. The SMILES string of the molecule is CCCC1(C(=O)O)CCN(C(=O)C=Cc2cccs2)CC1. The molecule has 21 heavy (non-hydrogen) atoms. The van der Waals surface area contributed by atoms with Crippen molar-refractivity contribution in [3.8, 4) is 0 Å². The molecule has 0 unspecified atom stereocenters. The van der Waals surface area contributed by atoms with Gasteiger partial charge in [0.1, 0.15) is 0 Å². The van der Waals surface area contributed by atoms with Crippen LogP contribution in [0.3, 0.4) is 0 Å². The Balaban J connectivity index is 1.94. The summed E-state index contributed by atoms with van der Waals surface area (Å²) in [5, 5.41) is 11.4. The molecule has 1 aliphatic heterocycles. The molecule has 0 aliphatic carbocycles. The molecule has 0 spiro atoms.